The molecule has 1 fully saturated rings. The maximum Gasteiger partial charge on any atom is 0.356 e. The van der Waals surface area contributed by atoms with Crippen LogP contribution in [0.5, 0.6) is 0 Å². The number of aromatic nitrogens is 5. The minimum Gasteiger partial charge on any atom is -0.461 e. The molecule has 0 aromatic carbocycles. The average Bonchev–Trinajstić information content (AvgIpc) is 3.22. The molecule has 1 saturated heterocycles. The lowest BCUT2D eigenvalue weighted by Crippen LogP contribution is -2.34. The molecule has 9 nitrogen and oxygen atoms in total. The highest BCUT2D eigenvalue weighted by Gasteiger charge is 2.26. The number of likely N-dealkylation sites (tertiary alicyclic amines) is 1. The van der Waals surface area contributed by atoms with Crippen molar-refractivity contribution in [1.82, 2.24) is 29.9 Å². The molecule has 0 unspecified atom stereocenters. The van der Waals surface area contributed by atoms with Gasteiger partial charge in [0.25, 0.3) is 0 Å². The average molecular weight is 348 g/mol. The molecule has 0 spiro atoms. The lowest BCUT2D eigenvalue weighted by molar-refractivity contribution is 0.0516. The molecule has 1 aliphatic heterocycles. The third kappa shape index (κ3) is 3.65. The molecule has 0 aliphatic carbocycles. The molecule has 136 valence electrons. The van der Waals surface area contributed by atoms with Crippen molar-refractivity contribution in [1.29, 1.82) is 0 Å². The van der Waals surface area contributed by atoms with Crippen LogP contribution in [-0.4, -0.2) is 55.5 Å². The maximum atomic E-state index is 11.9. The van der Waals surface area contributed by atoms with Gasteiger partial charge in [-0.2, -0.15) is 10.2 Å². The third-order valence-electron chi connectivity index (χ3n) is 4.65. The van der Waals surface area contributed by atoms with Crippen molar-refractivity contribution in [2.45, 2.75) is 45.7 Å². The summed E-state index contributed by atoms with van der Waals surface area (Å²) in [6.45, 7) is 7.10. The summed E-state index contributed by atoms with van der Waals surface area (Å²) in [6.07, 6.45) is 3.54. The van der Waals surface area contributed by atoms with E-state index in [-0.39, 0.29) is 17.6 Å². The Kier molecular flexibility index (Phi) is 5.32. The van der Waals surface area contributed by atoms with E-state index in [1.54, 1.807) is 17.7 Å². The first-order chi connectivity index (χ1) is 12.1. The third-order valence-corrected chi connectivity index (χ3v) is 4.65. The van der Waals surface area contributed by atoms with Crippen LogP contribution >= 0.6 is 0 Å². The van der Waals surface area contributed by atoms with Crippen LogP contribution in [0.25, 0.3) is 0 Å². The Hall–Kier alpha value is -2.42. The number of hydrogen-bond acceptors (Lipinski definition) is 6. The summed E-state index contributed by atoms with van der Waals surface area (Å²) in [5.74, 6) is 0.764. The van der Waals surface area contributed by atoms with Gasteiger partial charge in [-0.15, -0.1) is 0 Å². The molecule has 9 heteroatoms. The van der Waals surface area contributed by atoms with Gasteiger partial charge in [-0.1, -0.05) is 0 Å². The van der Waals surface area contributed by atoms with E-state index in [2.05, 4.69) is 25.3 Å². The smallest absolute Gasteiger partial charge is 0.356 e. The van der Waals surface area contributed by atoms with E-state index in [1.807, 2.05) is 6.92 Å². The van der Waals surface area contributed by atoms with Gasteiger partial charge < -0.3 is 4.74 Å². The molecule has 0 atom stereocenters. The minimum absolute atomic E-state index is 0.141. The standard InChI is InChI=1S/C16H24N6O3/c1-3-22-14(19-20-16(22)24)11-5-7-21(8-6-11)10-12-9-17-18-13(12)15(23)25-4-2/h9,11H,3-8,10H2,1-2H3,(H,17,18)(H,20,24). The van der Waals surface area contributed by atoms with Crippen LogP contribution < -0.4 is 5.69 Å². The summed E-state index contributed by atoms with van der Waals surface area (Å²) < 4.78 is 6.75. The molecule has 0 radical (unpaired) electrons. The number of ether oxygens (including phenoxy) is 1. The summed E-state index contributed by atoms with van der Waals surface area (Å²) >= 11 is 0. The first-order valence-electron chi connectivity index (χ1n) is 8.70. The predicted octanol–water partition coefficient (Wildman–Crippen LogP) is 0.871. The van der Waals surface area contributed by atoms with Crippen LogP contribution in [0.1, 0.15) is 54.5 Å². The van der Waals surface area contributed by atoms with Crippen molar-refractivity contribution in [3.63, 3.8) is 0 Å². The van der Waals surface area contributed by atoms with Gasteiger partial charge in [0.05, 0.1) is 12.8 Å². The molecular weight excluding hydrogens is 324 g/mol. The number of esters is 1. The second-order valence-electron chi connectivity index (χ2n) is 6.17. The SMILES string of the molecule is CCOC(=O)c1[nH]ncc1CN1CCC(c2n[nH]c(=O)n2CC)CC1. The van der Waals surface area contributed by atoms with Crippen molar-refractivity contribution in [3.05, 3.63) is 33.8 Å². The van der Waals surface area contributed by atoms with Crippen LogP contribution in [0.2, 0.25) is 0 Å². The van der Waals surface area contributed by atoms with Gasteiger partial charge in [0.2, 0.25) is 0 Å². The number of nitrogens with one attached hydrogen (secondary N) is 2. The summed E-state index contributed by atoms with van der Waals surface area (Å²) in [6, 6.07) is 0. The van der Waals surface area contributed by atoms with Crippen molar-refractivity contribution in [3.8, 4) is 0 Å². The van der Waals surface area contributed by atoms with Crippen molar-refractivity contribution >= 4 is 5.97 Å². The summed E-state index contributed by atoms with van der Waals surface area (Å²) in [4.78, 5) is 25.9. The van der Waals surface area contributed by atoms with Crippen LogP contribution in [0.15, 0.2) is 11.0 Å². The number of hydrogen-bond donors (Lipinski definition) is 2. The Morgan fingerprint density at radius 3 is 2.76 bits per heavy atom. The fraction of sp³-hybridized carbons (Fsp3) is 0.625. The normalized spacial score (nSPS) is 16.2. The summed E-state index contributed by atoms with van der Waals surface area (Å²) in [7, 11) is 0. The minimum atomic E-state index is -0.367. The highest BCUT2D eigenvalue weighted by Crippen LogP contribution is 2.27. The fourth-order valence-corrected chi connectivity index (χ4v) is 3.35. The van der Waals surface area contributed by atoms with E-state index in [1.165, 1.54) is 0 Å². The zero-order chi connectivity index (χ0) is 17.8. The second kappa shape index (κ2) is 7.64. The Labute approximate surface area is 145 Å². The van der Waals surface area contributed by atoms with Gasteiger partial charge >= 0.3 is 11.7 Å². The Balaban J connectivity index is 1.61. The van der Waals surface area contributed by atoms with Crippen LogP contribution in [0, 0.1) is 0 Å². The summed E-state index contributed by atoms with van der Waals surface area (Å²) in [5, 5.41) is 13.4. The lowest BCUT2D eigenvalue weighted by atomic mass is 9.95. The highest BCUT2D eigenvalue weighted by atomic mass is 16.5. The molecule has 0 amide bonds. The number of aromatic amines is 2. The molecule has 2 aromatic rings. The van der Waals surface area contributed by atoms with E-state index in [4.69, 9.17) is 4.74 Å². The number of carbonyl (C=O) groups excluding carboxylic acids is 1. The van der Waals surface area contributed by atoms with Gasteiger partial charge in [0.15, 0.2) is 0 Å². The molecule has 25 heavy (non-hydrogen) atoms. The van der Waals surface area contributed by atoms with Crippen molar-refractivity contribution in [2.24, 2.45) is 0 Å². The van der Waals surface area contributed by atoms with E-state index < -0.39 is 0 Å². The molecule has 3 heterocycles. The van der Waals surface area contributed by atoms with Gasteiger partial charge in [0.1, 0.15) is 11.5 Å². The van der Waals surface area contributed by atoms with Crippen LogP contribution in [0.3, 0.4) is 0 Å². The fourth-order valence-electron chi connectivity index (χ4n) is 3.35. The van der Waals surface area contributed by atoms with Gasteiger partial charge in [0, 0.05) is 24.6 Å². The zero-order valence-electron chi connectivity index (χ0n) is 14.6. The molecule has 0 bridgehead atoms. The van der Waals surface area contributed by atoms with E-state index in [0.29, 0.717) is 25.4 Å². The van der Waals surface area contributed by atoms with Gasteiger partial charge in [-0.3, -0.25) is 14.6 Å². The second-order valence-corrected chi connectivity index (χ2v) is 6.17. The predicted molar refractivity (Wildman–Crippen MR) is 90.3 cm³/mol. The quantitative estimate of drug-likeness (QED) is 0.750. The van der Waals surface area contributed by atoms with E-state index >= 15 is 0 Å². The molecule has 1 aliphatic rings. The van der Waals surface area contributed by atoms with Gasteiger partial charge in [-0.25, -0.2) is 14.7 Å². The Bertz CT molecular complexity index is 769. The monoisotopic (exact) mass is 348 g/mol. The van der Waals surface area contributed by atoms with Crippen molar-refractivity contribution in [2.75, 3.05) is 19.7 Å². The van der Waals surface area contributed by atoms with E-state index in [0.717, 1.165) is 37.3 Å². The number of nitrogens with zero attached hydrogens (tertiary/aromatic N) is 4. The molecule has 0 saturated carbocycles. The highest BCUT2D eigenvalue weighted by molar-refractivity contribution is 5.88. The van der Waals surface area contributed by atoms with Gasteiger partial charge in [-0.05, 0) is 39.8 Å². The maximum absolute atomic E-state index is 11.9. The molecule has 2 aromatic heterocycles. The van der Waals surface area contributed by atoms with Crippen molar-refractivity contribution < 1.29 is 9.53 Å². The zero-order valence-corrected chi connectivity index (χ0v) is 14.6. The van der Waals surface area contributed by atoms with Crippen LogP contribution in [-0.2, 0) is 17.8 Å². The molecule has 2 N–H and O–H groups in total. The number of rotatable bonds is 6. The summed E-state index contributed by atoms with van der Waals surface area (Å²) in [5.41, 5.74) is 1.13. The lowest BCUT2D eigenvalue weighted by Gasteiger charge is -2.31. The molecule has 3 rings (SSSR count). The Morgan fingerprint density at radius 2 is 2.08 bits per heavy atom. The van der Waals surface area contributed by atoms with Crippen LogP contribution in [0.4, 0.5) is 0 Å². The van der Waals surface area contributed by atoms with E-state index in [9.17, 15) is 9.59 Å². The number of H-pyrrole nitrogens is 2. The Morgan fingerprint density at radius 1 is 1.32 bits per heavy atom. The first kappa shape index (κ1) is 17.4. The largest absolute Gasteiger partial charge is 0.461 e. The topological polar surface area (TPSA) is 109 Å². The number of carbonyl (C=O) groups is 1. The first-order valence-corrected chi connectivity index (χ1v) is 8.70. The molecular formula is C16H24N6O3. The number of piperidine rings is 1.